The highest BCUT2D eigenvalue weighted by Gasteiger charge is 2.28. The van der Waals surface area contributed by atoms with Gasteiger partial charge in [-0.3, -0.25) is 9.89 Å². The zero-order valence-corrected chi connectivity index (χ0v) is 16.7. The maximum absolute atomic E-state index is 12.2. The van der Waals surface area contributed by atoms with Gasteiger partial charge in [0.25, 0.3) is 0 Å². The van der Waals surface area contributed by atoms with Crippen molar-refractivity contribution in [2.75, 3.05) is 33.7 Å². The first-order valence-electron chi connectivity index (χ1n) is 7.25. The van der Waals surface area contributed by atoms with E-state index in [1.165, 1.54) is 11.9 Å². The molecule has 0 amide bonds. The Hall–Kier alpha value is -0.740. The first-order valence-corrected chi connectivity index (χ1v) is 7.63. The van der Waals surface area contributed by atoms with Gasteiger partial charge in [0.05, 0.1) is 6.54 Å². The van der Waals surface area contributed by atoms with E-state index in [0.29, 0.717) is 37.0 Å². The Morgan fingerprint density at radius 2 is 1.92 bits per heavy atom. The van der Waals surface area contributed by atoms with Gasteiger partial charge < -0.3 is 10.6 Å². The minimum absolute atomic E-state index is 0. The molecule has 0 aliphatic heterocycles. The van der Waals surface area contributed by atoms with Crippen molar-refractivity contribution in [1.29, 1.82) is 0 Å². The van der Waals surface area contributed by atoms with Gasteiger partial charge in [0, 0.05) is 25.2 Å². The van der Waals surface area contributed by atoms with Crippen LogP contribution in [0.2, 0.25) is 5.02 Å². The largest absolute Gasteiger partial charge is 0.401 e. The molecular formula is C15H23ClF3IN4. The number of aliphatic imine (C=N–C) groups is 1. The highest BCUT2D eigenvalue weighted by Crippen LogP contribution is 2.15. The van der Waals surface area contributed by atoms with Crippen LogP contribution >= 0.6 is 35.6 Å². The maximum atomic E-state index is 12.2. The highest BCUT2D eigenvalue weighted by atomic mass is 127. The second kappa shape index (κ2) is 11.8. The molecule has 0 radical (unpaired) electrons. The monoisotopic (exact) mass is 478 g/mol. The molecule has 0 atom stereocenters. The lowest BCUT2D eigenvalue weighted by Crippen LogP contribution is -2.39. The Kier molecular flexibility index (Phi) is 11.4. The molecule has 0 aliphatic rings. The van der Waals surface area contributed by atoms with Gasteiger partial charge in [-0.15, -0.1) is 24.0 Å². The lowest BCUT2D eigenvalue weighted by atomic mass is 10.2. The zero-order chi connectivity index (χ0) is 17.3. The highest BCUT2D eigenvalue weighted by molar-refractivity contribution is 14.0. The molecule has 0 unspecified atom stereocenters. The van der Waals surface area contributed by atoms with E-state index in [1.54, 1.807) is 7.05 Å². The van der Waals surface area contributed by atoms with Crippen molar-refractivity contribution in [3.8, 4) is 0 Å². The maximum Gasteiger partial charge on any atom is 0.401 e. The number of guanidine groups is 1. The normalized spacial score (nSPS) is 12.0. The van der Waals surface area contributed by atoms with Crippen molar-refractivity contribution in [2.45, 2.75) is 19.1 Å². The van der Waals surface area contributed by atoms with Gasteiger partial charge in [0.1, 0.15) is 0 Å². The predicted octanol–water partition coefficient (Wildman–Crippen LogP) is 3.51. The molecule has 2 N–H and O–H groups in total. The minimum Gasteiger partial charge on any atom is -0.356 e. The Morgan fingerprint density at radius 1 is 1.25 bits per heavy atom. The van der Waals surface area contributed by atoms with Crippen LogP contribution in [0.3, 0.4) is 0 Å². The quantitative estimate of drug-likeness (QED) is 0.273. The van der Waals surface area contributed by atoms with Crippen LogP contribution in [0.5, 0.6) is 0 Å². The lowest BCUT2D eigenvalue weighted by Gasteiger charge is -2.19. The molecule has 138 valence electrons. The van der Waals surface area contributed by atoms with Crippen LogP contribution in [-0.2, 0) is 6.54 Å². The van der Waals surface area contributed by atoms with Crippen molar-refractivity contribution < 1.29 is 13.2 Å². The van der Waals surface area contributed by atoms with Gasteiger partial charge in [0.15, 0.2) is 5.96 Å². The standard InChI is InChI=1S/C15H22ClF3N4.HI/c1-20-14(22-10-12-6-3-4-7-13(12)16)21-8-5-9-23(2)11-15(17,18)19;/h3-4,6-7H,5,8-11H2,1-2H3,(H2,20,21,22);1H. The minimum atomic E-state index is -4.16. The first kappa shape index (κ1) is 23.3. The zero-order valence-electron chi connectivity index (χ0n) is 13.7. The van der Waals surface area contributed by atoms with E-state index >= 15 is 0 Å². The molecule has 24 heavy (non-hydrogen) atoms. The van der Waals surface area contributed by atoms with Crippen molar-refractivity contribution in [3.05, 3.63) is 34.9 Å². The molecule has 0 saturated heterocycles. The van der Waals surface area contributed by atoms with Gasteiger partial charge in [-0.05, 0) is 31.6 Å². The molecule has 0 aromatic heterocycles. The average Bonchev–Trinajstić information content (AvgIpc) is 2.46. The third-order valence-electron chi connectivity index (χ3n) is 3.09. The van der Waals surface area contributed by atoms with E-state index in [1.807, 2.05) is 24.3 Å². The number of halogens is 5. The van der Waals surface area contributed by atoms with Crippen LogP contribution in [0.25, 0.3) is 0 Å². The van der Waals surface area contributed by atoms with Crippen LogP contribution in [-0.4, -0.2) is 50.8 Å². The molecule has 1 aromatic carbocycles. The number of nitrogens with one attached hydrogen (secondary N) is 2. The predicted molar refractivity (Wildman–Crippen MR) is 103 cm³/mol. The number of hydrogen-bond donors (Lipinski definition) is 2. The van der Waals surface area contributed by atoms with Crippen molar-refractivity contribution >= 4 is 41.5 Å². The third-order valence-corrected chi connectivity index (χ3v) is 3.45. The van der Waals surface area contributed by atoms with Crippen LogP contribution in [0.15, 0.2) is 29.3 Å². The number of hydrogen-bond acceptors (Lipinski definition) is 2. The van der Waals surface area contributed by atoms with Crippen molar-refractivity contribution in [3.63, 3.8) is 0 Å². The molecule has 4 nitrogen and oxygen atoms in total. The topological polar surface area (TPSA) is 39.7 Å². The van der Waals surface area contributed by atoms with Crippen LogP contribution < -0.4 is 10.6 Å². The molecule has 0 heterocycles. The van der Waals surface area contributed by atoms with Gasteiger partial charge >= 0.3 is 6.18 Å². The molecule has 1 aromatic rings. The van der Waals surface area contributed by atoms with E-state index < -0.39 is 12.7 Å². The fourth-order valence-corrected chi connectivity index (χ4v) is 2.18. The fraction of sp³-hybridized carbons (Fsp3) is 0.533. The fourth-order valence-electron chi connectivity index (χ4n) is 1.98. The first-order chi connectivity index (χ1) is 10.8. The number of rotatable bonds is 7. The number of nitrogens with zero attached hydrogens (tertiary/aromatic N) is 2. The number of benzene rings is 1. The summed E-state index contributed by atoms with van der Waals surface area (Å²) in [4.78, 5) is 5.32. The van der Waals surface area contributed by atoms with E-state index in [2.05, 4.69) is 15.6 Å². The smallest absolute Gasteiger partial charge is 0.356 e. The summed E-state index contributed by atoms with van der Waals surface area (Å²) in [5.74, 6) is 0.586. The van der Waals surface area contributed by atoms with E-state index in [9.17, 15) is 13.2 Å². The number of alkyl halides is 3. The molecule has 0 aliphatic carbocycles. The Morgan fingerprint density at radius 3 is 2.50 bits per heavy atom. The van der Waals surface area contributed by atoms with E-state index in [4.69, 9.17) is 11.6 Å². The summed E-state index contributed by atoms with van der Waals surface area (Å²) >= 11 is 6.07. The van der Waals surface area contributed by atoms with E-state index in [0.717, 1.165) is 5.56 Å². The van der Waals surface area contributed by atoms with Gasteiger partial charge in [-0.2, -0.15) is 13.2 Å². The molecule has 9 heteroatoms. The molecular weight excluding hydrogens is 456 g/mol. The SMILES string of the molecule is CN=C(NCCCN(C)CC(F)(F)F)NCc1ccccc1Cl.I. The Balaban J connectivity index is 0.00000529. The molecule has 0 bridgehead atoms. The second-order valence-corrected chi connectivity index (χ2v) is 5.56. The van der Waals surface area contributed by atoms with E-state index in [-0.39, 0.29) is 24.0 Å². The lowest BCUT2D eigenvalue weighted by molar-refractivity contribution is -0.143. The molecule has 0 saturated carbocycles. The van der Waals surface area contributed by atoms with Crippen molar-refractivity contribution in [2.24, 2.45) is 4.99 Å². The molecule has 0 spiro atoms. The van der Waals surface area contributed by atoms with Crippen LogP contribution in [0, 0.1) is 0 Å². The van der Waals surface area contributed by atoms with Crippen LogP contribution in [0.1, 0.15) is 12.0 Å². The summed E-state index contributed by atoms with van der Waals surface area (Å²) in [5, 5.41) is 6.85. The van der Waals surface area contributed by atoms with Gasteiger partial charge in [0.2, 0.25) is 0 Å². The summed E-state index contributed by atoms with van der Waals surface area (Å²) in [6, 6.07) is 7.48. The summed E-state index contributed by atoms with van der Waals surface area (Å²) in [6.45, 7) is 0.512. The van der Waals surface area contributed by atoms with Gasteiger partial charge in [-0.25, -0.2) is 0 Å². The second-order valence-electron chi connectivity index (χ2n) is 5.15. The summed E-state index contributed by atoms with van der Waals surface area (Å²) in [7, 11) is 3.09. The average molecular weight is 479 g/mol. The van der Waals surface area contributed by atoms with Crippen molar-refractivity contribution in [1.82, 2.24) is 15.5 Å². The Labute approximate surface area is 162 Å². The van der Waals surface area contributed by atoms with Crippen LogP contribution in [0.4, 0.5) is 13.2 Å². The van der Waals surface area contributed by atoms with Gasteiger partial charge in [-0.1, -0.05) is 29.8 Å². The summed E-state index contributed by atoms with van der Waals surface area (Å²) in [5.41, 5.74) is 0.946. The summed E-state index contributed by atoms with van der Waals surface area (Å²) < 4.78 is 36.6. The molecule has 1 rings (SSSR count). The third kappa shape index (κ3) is 10.2. The molecule has 0 fully saturated rings. The Bertz CT molecular complexity index is 512. The summed E-state index contributed by atoms with van der Waals surface area (Å²) in [6.07, 6.45) is -3.58.